The molecule has 2 aliphatic carbocycles. The molecule has 1 unspecified atom stereocenters. The van der Waals surface area contributed by atoms with E-state index in [4.69, 9.17) is 9.51 Å². The highest BCUT2D eigenvalue weighted by molar-refractivity contribution is 5.75. The summed E-state index contributed by atoms with van der Waals surface area (Å²) in [5.41, 5.74) is 9.36. The Labute approximate surface area is 223 Å². The van der Waals surface area contributed by atoms with Crippen LogP contribution in [0.15, 0.2) is 65.2 Å². The maximum atomic E-state index is 11.3. The number of nitrogens with zero attached hydrogens (tertiary/aromatic N) is 3. The number of carboxylic acids is 1. The lowest BCUT2D eigenvalue weighted by Crippen LogP contribution is -2.47. The van der Waals surface area contributed by atoms with Gasteiger partial charge in [-0.05, 0) is 105 Å². The number of hydrogen-bond donors (Lipinski definition) is 1. The van der Waals surface area contributed by atoms with E-state index in [0.29, 0.717) is 23.8 Å². The molecule has 0 bridgehead atoms. The zero-order valence-corrected chi connectivity index (χ0v) is 22.1. The van der Waals surface area contributed by atoms with E-state index in [9.17, 15) is 9.90 Å². The van der Waals surface area contributed by atoms with Gasteiger partial charge in [0.1, 0.15) is 0 Å². The fraction of sp³-hybridized carbons (Fsp3) is 0.344. The molecule has 194 valence electrons. The molecule has 1 aromatic heterocycles. The highest BCUT2D eigenvalue weighted by Gasteiger charge is 2.39. The lowest BCUT2D eigenvalue weighted by Gasteiger charge is -2.44. The highest BCUT2D eigenvalue weighted by atomic mass is 16.5. The van der Waals surface area contributed by atoms with Crippen LogP contribution in [-0.4, -0.2) is 39.2 Å². The van der Waals surface area contributed by atoms with Gasteiger partial charge >= 0.3 is 5.97 Å². The number of carbonyl (C=O) groups is 1. The molecule has 0 saturated heterocycles. The van der Waals surface area contributed by atoms with Crippen molar-refractivity contribution in [2.75, 3.05) is 7.05 Å². The van der Waals surface area contributed by atoms with Gasteiger partial charge in [-0.2, -0.15) is 4.98 Å². The van der Waals surface area contributed by atoms with Gasteiger partial charge < -0.3 is 9.63 Å². The molecule has 2 aliphatic rings. The van der Waals surface area contributed by atoms with Crippen molar-refractivity contribution in [1.82, 2.24) is 15.0 Å². The molecule has 6 nitrogen and oxygen atoms in total. The largest absolute Gasteiger partial charge is 0.481 e. The predicted octanol–water partition coefficient (Wildman–Crippen LogP) is 6.86. The van der Waals surface area contributed by atoms with Gasteiger partial charge in [-0.1, -0.05) is 47.6 Å². The number of carboxylic acid groups (broad SMARTS) is 1. The number of benzene rings is 3. The number of hydrogen-bond acceptors (Lipinski definition) is 5. The van der Waals surface area contributed by atoms with Gasteiger partial charge in [0, 0.05) is 23.2 Å². The van der Waals surface area contributed by atoms with Gasteiger partial charge in [-0.3, -0.25) is 9.69 Å². The molecule has 6 heteroatoms. The Kier molecular flexibility index (Phi) is 6.36. The number of aliphatic carboxylic acids is 1. The third kappa shape index (κ3) is 4.43. The Morgan fingerprint density at radius 1 is 0.974 bits per heavy atom. The van der Waals surface area contributed by atoms with Crippen LogP contribution in [0.5, 0.6) is 0 Å². The van der Waals surface area contributed by atoms with Gasteiger partial charge in [-0.15, -0.1) is 0 Å². The third-order valence-electron chi connectivity index (χ3n) is 8.48. The Balaban J connectivity index is 1.24. The molecule has 1 heterocycles. The van der Waals surface area contributed by atoms with E-state index in [1.54, 1.807) is 0 Å². The first-order valence-corrected chi connectivity index (χ1v) is 13.5. The van der Waals surface area contributed by atoms with Crippen LogP contribution < -0.4 is 0 Å². The maximum Gasteiger partial charge on any atom is 0.306 e. The quantitative estimate of drug-likeness (QED) is 0.307. The van der Waals surface area contributed by atoms with Gasteiger partial charge in [0.15, 0.2) is 0 Å². The van der Waals surface area contributed by atoms with Crippen LogP contribution in [0, 0.1) is 19.8 Å². The van der Waals surface area contributed by atoms with E-state index in [2.05, 4.69) is 85.5 Å². The second kappa shape index (κ2) is 9.84. The minimum Gasteiger partial charge on any atom is -0.481 e. The molecule has 0 spiro atoms. The first-order valence-electron chi connectivity index (χ1n) is 13.5. The Bertz CT molecular complexity index is 1460. The van der Waals surface area contributed by atoms with E-state index >= 15 is 0 Å². The molecule has 0 aliphatic heterocycles. The fourth-order valence-electron chi connectivity index (χ4n) is 6.33. The molecule has 4 aromatic rings. The fourth-order valence-corrected chi connectivity index (χ4v) is 6.33. The molecular formula is C32H33N3O3. The van der Waals surface area contributed by atoms with E-state index in [1.165, 1.54) is 33.4 Å². The minimum absolute atomic E-state index is 0.192. The molecule has 1 N–H and O–H groups in total. The van der Waals surface area contributed by atoms with Crippen LogP contribution in [-0.2, 0) is 11.2 Å². The number of fused-ring (bicyclic) bond motifs is 1. The smallest absolute Gasteiger partial charge is 0.306 e. The second-order valence-electron chi connectivity index (χ2n) is 10.9. The molecule has 0 amide bonds. The van der Waals surface area contributed by atoms with Crippen molar-refractivity contribution in [2.45, 2.75) is 58.0 Å². The summed E-state index contributed by atoms with van der Waals surface area (Å²) in [7, 11) is 2.15. The van der Waals surface area contributed by atoms with E-state index in [-0.39, 0.29) is 5.92 Å². The average Bonchev–Trinajstić information content (AvgIpc) is 3.37. The van der Waals surface area contributed by atoms with Crippen molar-refractivity contribution in [3.05, 3.63) is 82.9 Å². The molecule has 1 fully saturated rings. The summed E-state index contributed by atoms with van der Waals surface area (Å²) < 4.78 is 5.73. The van der Waals surface area contributed by atoms with Crippen molar-refractivity contribution in [3.8, 4) is 34.0 Å². The summed E-state index contributed by atoms with van der Waals surface area (Å²) in [5, 5.41) is 13.6. The van der Waals surface area contributed by atoms with Crippen molar-refractivity contribution in [2.24, 2.45) is 5.92 Å². The first kappa shape index (κ1) is 24.6. The summed E-state index contributed by atoms with van der Waals surface area (Å²) >= 11 is 0. The Morgan fingerprint density at radius 2 is 1.71 bits per heavy atom. The van der Waals surface area contributed by atoms with Crippen LogP contribution in [0.3, 0.4) is 0 Å². The van der Waals surface area contributed by atoms with Crippen molar-refractivity contribution >= 4 is 5.97 Å². The molecule has 38 heavy (non-hydrogen) atoms. The minimum atomic E-state index is -0.666. The summed E-state index contributed by atoms with van der Waals surface area (Å²) in [4.78, 5) is 18.4. The monoisotopic (exact) mass is 507 g/mol. The predicted molar refractivity (Wildman–Crippen MR) is 148 cm³/mol. The van der Waals surface area contributed by atoms with E-state index < -0.39 is 5.97 Å². The molecule has 1 saturated carbocycles. The van der Waals surface area contributed by atoms with Crippen molar-refractivity contribution in [3.63, 3.8) is 0 Å². The lowest BCUT2D eigenvalue weighted by molar-refractivity contribution is -0.147. The molecule has 0 radical (unpaired) electrons. The second-order valence-corrected chi connectivity index (χ2v) is 10.9. The van der Waals surface area contributed by atoms with E-state index in [1.807, 2.05) is 6.07 Å². The summed E-state index contributed by atoms with van der Waals surface area (Å²) in [6.07, 6.45) is 4.73. The number of aryl methyl sites for hydroxylation is 3. The van der Waals surface area contributed by atoms with Crippen LogP contribution in [0.1, 0.15) is 54.0 Å². The van der Waals surface area contributed by atoms with Gasteiger partial charge in [0.2, 0.25) is 5.82 Å². The molecule has 3 aromatic carbocycles. The van der Waals surface area contributed by atoms with Crippen LogP contribution >= 0.6 is 0 Å². The van der Waals surface area contributed by atoms with Crippen LogP contribution in [0.4, 0.5) is 0 Å². The van der Waals surface area contributed by atoms with Crippen LogP contribution in [0.25, 0.3) is 34.0 Å². The molecule has 6 rings (SSSR count). The Hall–Kier alpha value is -3.77. The zero-order chi connectivity index (χ0) is 26.4. The lowest BCUT2D eigenvalue weighted by atomic mass is 9.77. The molecule has 1 atom stereocenters. The summed E-state index contributed by atoms with van der Waals surface area (Å²) in [5.74, 6) is 0.269. The van der Waals surface area contributed by atoms with Crippen molar-refractivity contribution in [1.29, 1.82) is 0 Å². The normalized spacial score (nSPS) is 20.7. The standard InChI is InChI=1S/C32H33N3O3/c1-19-14-24(15-20(2)29(19)21-8-5-4-6-9-21)31-33-30(34-38-31)23-12-13-27-22(16-23)10-7-11-28(27)35(3)26-17-25(18-26)32(36)37/h4-6,8-9,12-16,25-26,28H,7,10-11,17-18H2,1-3H3,(H,36,37). The topological polar surface area (TPSA) is 79.5 Å². The summed E-state index contributed by atoms with van der Waals surface area (Å²) in [6.45, 7) is 4.25. The highest BCUT2D eigenvalue weighted by Crippen LogP contribution is 2.41. The van der Waals surface area contributed by atoms with Gasteiger partial charge in [-0.25, -0.2) is 0 Å². The number of rotatable bonds is 6. The first-order chi connectivity index (χ1) is 18.4. The van der Waals surface area contributed by atoms with Gasteiger partial charge in [0.05, 0.1) is 5.92 Å². The van der Waals surface area contributed by atoms with Gasteiger partial charge in [0.25, 0.3) is 5.89 Å². The number of aromatic nitrogens is 2. The zero-order valence-electron chi connectivity index (χ0n) is 22.1. The Morgan fingerprint density at radius 3 is 2.42 bits per heavy atom. The van der Waals surface area contributed by atoms with Crippen LogP contribution in [0.2, 0.25) is 0 Å². The van der Waals surface area contributed by atoms with E-state index in [0.717, 1.165) is 43.2 Å². The summed E-state index contributed by atoms with van der Waals surface area (Å²) in [6, 6.07) is 21.8. The maximum absolute atomic E-state index is 11.3. The third-order valence-corrected chi connectivity index (χ3v) is 8.48. The van der Waals surface area contributed by atoms with Crippen molar-refractivity contribution < 1.29 is 14.4 Å². The SMILES string of the molecule is Cc1cc(-c2nc(-c3ccc4c(c3)CCCC4N(C)C3CC(C(=O)O)C3)no2)cc(C)c1-c1ccccc1. The average molecular weight is 508 g/mol. The molecular weight excluding hydrogens is 474 g/mol.